The first kappa shape index (κ1) is 15.0. The molecule has 3 nitrogen and oxygen atoms in total. The van der Waals surface area contributed by atoms with Crippen LogP contribution in [0, 0.1) is 6.92 Å². The monoisotopic (exact) mass is 269 g/mol. The molecule has 1 atom stereocenters. The number of carbonyl (C=O) groups excluding carboxylic acids is 1. The second-order valence-corrected chi connectivity index (χ2v) is 4.67. The molecular formula is C14H20ClNO2. The van der Waals surface area contributed by atoms with Gasteiger partial charge in [0.25, 0.3) is 0 Å². The van der Waals surface area contributed by atoms with Gasteiger partial charge >= 0.3 is 0 Å². The van der Waals surface area contributed by atoms with E-state index in [9.17, 15) is 4.79 Å². The molecule has 0 saturated carbocycles. The molecule has 0 radical (unpaired) electrons. The van der Waals surface area contributed by atoms with E-state index < -0.39 is 0 Å². The Morgan fingerprint density at radius 1 is 1.50 bits per heavy atom. The number of aryl methyl sites for hydroxylation is 2. The largest absolute Gasteiger partial charge is 0.383 e. The summed E-state index contributed by atoms with van der Waals surface area (Å²) < 4.78 is 4.98. The van der Waals surface area contributed by atoms with Crippen LogP contribution in [0.25, 0.3) is 0 Å². The number of benzene rings is 1. The smallest absolute Gasteiger partial charge is 0.220 e. The predicted octanol–water partition coefficient (Wildman–Crippen LogP) is 2.30. The van der Waals surface area contributed by atoms with Crippen molar-refractivity contribution in [3.63, 3.8) is 0 Å². The van der Waals surface area contributed by atoms with Crippen LogP contribution in [0.15, 0.2) is 24.3 Å². The van der Waals surface area contributed by atoms with E-state index in [-0.39, 0.29) is 11.9 Å². The molecule has 0 fully saturated rings. The minimum absolute atomic E-state index is 0.0132. The Kier molecular flexibility index (Phi) is 6.76. The van der Waals surface area contributed by atoms with E-state index in [1.165, 1.54) is 11.1 Å². The van der Waals surface area contributed by atoms with Gasteiger partial charge in [-0.05, 0) is 18.9 Å². The van der Waals surface area contributed by atoms with Crippen molar-refractivity contribution < 1.29 is 9.53 Å². The Morgan fingerprint density at radius 3 is 2.89 bits per heavy atom. The lowest BCUT2D eigenvalue weighted by atomic mass is 10.1. The molecule has 18 heavy (non-hydrogen) atoms. The fraction of sp³-hybridized carbons (Fsp3) is 0.500. The van der Waals surface area contributed by atoms with Crippen molar-refractivity contribution >= 4 is 17.5 Å². The molecule has 0 bridgehead atoms. The van der Waals surface area contributed by atoms with Gasteiger partial charge in [0.05, 0.1) is 12.6 Å². The summed E-state index contributed by atoms with van der Waals surface area (Å²) in [6.07, 6.45) is 1.22. The van der Waals surface area contributed by atoms with Crippen LogP contribution >= 0.6 is 11.6 Å². The van der Waals surface area contributed by atoms with Crippen LogP contribution in [0.5, 0.6) is 0 Å². The third-order valence-corrected chi connectivity index (χ3v) is 3.01. The number of nitrogens with one attached hydrogen (secondary N) is 1. The highest BCUT2D eigenvalue weighted by Crippen LogP contribution is 2.06. The molecule has 0 aliphatic rings. The third-order valence-electron chi connectivity index (χ3n) is 2.64. The van der Waals surface area contributed by atoms with E-state index >= 15 is 0 Å². The van der Waals surface area contributed by atoms with Crippen LogP contribution in [0.4, 0.5) is 0 Å². The molecule has 0 aliphatic heterocycles. The van der Waals surface area contributed by atoms with E-state index in [0.717, 1.165) is 6.42 Å². The highest BCUT2D eigenvalue weighted by molar-refractivity contribution is 6.18. The third kappa shape index (κ3) is 5.52. The minimum Gasteiger partial charge on any atom is -0.383 e. The summed E-state index contributed by atoms with van der Waals surface area (Å²) in [5.41, 5.74) is 2.39. The van der Waals surface area contributed by atoms with Gasteiger partial charge in [-0.25, -0.2) is 0 Å². The van der Waals surface area contributed by atoms with Crippen molar-refractivity contribution in [3.05, 3.63) is 35.4 Å². The minimum atomic E-state index is -0.110. The summed E-state index contributed by atoms with van der Waals surface area (Å²) in [5, 5.41) is 2.86. The van der Waals surface area contributed by atoms with Crippen LogP contribution in [-0.4, -0.2) is 31.5 Å². The number of hydrogen-bond acceptors (Lipinski definition) is 2. The molecule has 1 aromatic carbocycles. The number of amides is 1. The highest BCUT2D eigenvalue weighted by atomic mass is 35.5. The van der Waals surface area contributed by atoms with Crippen molar-refractivity contribution in [2.45, 2.75) is 25.8 Å². The maximum absolute atomic E-state index is 11.7. The number of hydrogen-bond donors (Lipinski definition) is 1. The summed E-state index contributed by atoms with van der Waals surface area (Å²) in [6.45, 7) is 2.49. The van der Waals surface area contributed by atoms with Gasteiger partial charge in [0.1, 0.15) is 0 Å². The van der Waals surface area contributed by atoms with Crippen molar-refractivity contribution in [1.82, 2.24) is 5.32 Å². The number of halogens is 1. The van der Waals surface area contributed by atoms with Crippen LogP contribution < -0.4 is 5.32 Å². The van der Waals surface area contributed by atoms with E-state index in [1.807, 2.05) is 25.1 Å². The normalized spacial score (nSPS) is 12.2. The van der Waals surface area contributed by atoms with E-state index in [4.69, 9.17) is 16.3 Å². The number of rotatable bonds is 7. The summed E-state index contributed by atoms with van der Waals surface area (Å²) in [6, 6.07) is 8.08. The zero-order chi connectivity index (χ0) is 13.4. The Labute approximate surface area is 113 Å². The first-order valence-corrected chi connectivity index (χ1v) is 6.59. The lowest BCUT2D eigenvalue weighted by Gasteiger charge is -2.14. The SMILES string of the molecule is COCC(CCl)NC(=O)CCc1cccc(C)c1. The van der Waals surface area contributed by atoms with Gasteiger partial charge < -0.3 is 10.1 Å². The van der Waals surface area contributed by atoms with Gasteiger partial charge in [-0.2, -0.15) is 0 Å². The summed E-state index contributed by atoms with van der Waals surface area (Å²) in [5.74, 6) is 0.378. The lowest BCUT2D eigenvalue weighted by molar-refractivity contribution is -0.121. The maximum Gasteiger partial charge on any atom is 0.220 e. The molecule has 1 amide bonds. The van der Waals surface area contributed by atoms with E-state index in [1.54, 1.807) is 7.11 Å². The quantitative estimate of drug-likeness (QED) is 0.772. The standard InChI is InChI=1S/C14H20ClNO2/c1-11-4-3-5-12(8-11)6-7-14(17)16-13(9-15)10-18-2/h3-5,8,13H,6-7,9-10H2,1-2H3,(H,16,17). The molecule has 100 valence electrons. The first-order valence-electron chi connectivity index (χ1n) is 6.05. The van der Waals surface area contributed by atoms with Gasteiger partial charge in [-0.1, -0.05) is 29.8 Å². The topological polar surface area (TPSA) is 38.3 Å². The van der Waals surface area contributed by atoms with Crippen molar-refractivity contribution in [2.24, 2.45) is 0 Å². The predicted molar refractivity (Wildman–Crippen MR) is 74.0 cm³/mol. The molecule has 0 saturated heterocycles. The molecule has 4 heteroatoms. The molecule has 0 aromatic heterocycles. The number of methoxy groups -OCH3 is 1. The molecule has 1 N–H and O–H groups in total. The molecule has 0 aliphatic carbocycles. The summed E-state index contributed by atoms with van der Waals surface area (Å²) in [7, 11) is 1.60. The zero-order valence-electron chi connectivity index (χ0n) is 10.9. The number of alkyl halides is 1. The van der Waals surface area contributed by atoms with E-state index in [0.29, 0.717) is 18.9 Å². The lowest BCUT2D eigenvalue weighted by Crippen LogP contribution is -2.39. The van der Waals surface area contributed by atoms with Crippen LogP contribution in [0.3, 0.4) is 0 Å². The van der Waals surface area contributed by atoms with Crippen LogP contribution in [0.2, 0.25) is 0 Å². The van der Waals surface area contributed by atoms with Gasteiger partial charge in [0.2, 0.25) is 5.91 Å². The Balaban J connectivity index is 2.36. The summed E-state index contributed by atoms with van der Waals surface area (Å²) in [4.78, 5) is 11.7. The fourth-order valence-corrected chi connectivity index (χ4v) is 1.92. The van der Waals surface area contributed by atoms with Crippen molar-refractivity contribution in [3.8, 4) is 0 Å². The molecule has 0 heterocycles. The van der Waals surface area contributed by atoms with Crippen LogP contribution in [-0.2, 0) is 16.0 Å². The van der Waals surface area contributed by atoms with Crippen molar-refractivity contribution in [1.29, 1.82) is 0 Å². The van der Waals surface area contributed by atoms with Crippen LogP contribution in [0.1, 0.15) is 17.5 Å². The van der Waals surface area contributed by atoms with Gasteiger partial charge in [0.15, 0.2) is 0 Å². The molecule has 1 rings (SSSR count). The second-order valence-electron chi connectivity index (χ2n) is 4.36. The Bertz CT molecular complexity index is 382. The first-order chi connectivity index (χ1) is 8.65. The van der Waals surface area contributed by atoms with Gasteiger partial charge in [-0.15, -0.1) is 11.6 Å². The number of carbonyl (C=O) groups is 1. The zero-order valence-corrected chi connectivity index (χ0v) is 11.7. The molecule has 1 aromatic rings. The van der Waals surface area contributed by atoms with Gasteiger partial charge in [0, 0.05) is 19.4 Å². The Hall–Kier alpha value is -1.06. The average Bonchev–Trinajstić information content (AvgIpc) is 2.36. The molecule has 0 spiro atoms. The maximum atomic E-state index is 11.7. The molecule has 1 unspecified atom stereocenters. The van der Waals surface area contributed by atoms with Gasteiger partial charge in [-0.3, -0.25) is 4.79 Å². The molecular weight excluding hydrogens is 250 g/mol. The average molecular weight is 270 g/mol. The van der Waals surface area contributed by atoms with E-state index in [2.05, 4.69) is 11.4 Å². The van der Waals surface area contributed by atoms with Crippen molar-refractivity contribution in [2.75, 3.05) is 19.6 Å². The highest BCUT2D eigenvalue weighted by Gasteiger charge is 2.10. The fourth-order valence-electron chi connectivity index (χ4n) is 1.75. The number of ether oxygens (including phenoxy) is 1. The Morgan fingerprint density at radius 2 is 2.28 bits per heavy atom. The second kappa shape index (κ2) is 8.11. The summed E-state index contributed by atoms with van der Waals surface area (Å²) >= 11 is 5.73.